The second kappa shape index (κ2) is 5.96. The summed E-state index contributed by atoms with van der Waals surface area (Å²) in [4.78, 5) is 29.9. The Morgan fingerprint density at radius 2 is 2.00 bits per heavy atom. The number of likely N-dealkylation sites (N-methyl/N-ethyl adjacent to an activating group) is 1. The van der Waals surface area contributed by atoms with E-state index in [2.05, 4.69) is 22.1 Å². The average Bonchev–Trinajstić information content (AvgIpc) is 2.80. The second-order valence-corrected chi connectivity index (χ2v) is 4.90. The van der Waals surface area contributed by atoms with Crippen LogP contribution in [-0.2, 0) is 0 Å². The summed E-state index contributed by atoms with van der Waals surface area (Å²) in [6, 6.07) is 1.38. The van der Waals surface area contributed by atoms with Gasteiger partial charge < -0.3 is 25.2 Å². The molecule has 0 saturated carbocycles. The zero-order chi connectivity index (χ0) is 14.7. The molecule has 0 spiro atoms. The molecule has 1 aromatic rings. The number of carboxylic acids is 1. The molecule has 1 fully saturated rings. The number of nitrogens with one attached hydrogen (secondary N) is 2. The lowest BCUT2D eigenvalue weighted by Crippen LogP contribution is -2.49. The average molecular weight is 280 g/mol. The van der Waals surface area contributed by atoms with Crippen LogP contribution in [-0.4, -0.2) is 64.6 Å². The van der Waals surface area contributed by atoms with Crippen molar-refractivity contribution < 1.29 is 14.7 Å². The summed E-state index contributed by atoms with van der Waals surface area (Å²) < 4.78 is 0. The van der Waals surface area contributed by atoms with Gasteiger partial charge in [0.2, 0.25) is 0 Å². The number of piperazine rings is 1. The van der Waals surface area contributed by atoms with Crippen LogP contribution >= 0.6 is 0 Å². The minimum absolute atomic E-state index is 0.0167. The van der Waals surface area contributed by atoms with Crippen molar-refractivity contribution in [2.75, 3.05) is 38.0 Å². The van der Waals surface area contributed by atoms with Gasteiger partial charge in [0.15, 0.2) is 0 Å². The number of anilines is 1. The molecule has 0 bridgehead atoms. The number of urea groups is 1. The van der Waals surface area contributed by atoms with Gasteiger partial charge in [-0.1, -0.05) is 6.92 Å². The van der Waals surface area contributed by atoms with E-state index < -0.39 is 5.97 Å². The molecule has 3 N–H and O–H groups in total. The maximum Gasteiger partial charge on any atom is 0.354 e. The number of aromatic nitrogens is 1. The number of carboxylic acid groups (broad SMARTS) is 1. The molecule has 0 radical (unpaired) electrons. The first-order valence-corrected chi connectivity index (χ1v) is 6.72. The molecule has 0 aromatic carbocycles. The van der Waals surface area contributed by atoms with Crippen molar-refractivity contribution in [3.8, 4) is 0 Å². The normalized spacial score (nSPS) is 16.2. The van der Waals surface area contributed by atoms with Gasteiger partial charge in [-0.3, -0.25) is 0 Å². The molecule has 7 nitrogen and oxygen atoms in total. The van der Waals surface area contributed by atoms with Gasteiger partial charge in [-0.05, 0) is 19.5 Å². The number of hydrogen-bond donors (Lipinski definition) is 3. The summed E-state index contributed by atoms with van der Waals surface area (Å²) in [6.45, 7) is 7.84. The van der Waals surface area contributed by atoms with Gasteiger partial charge in [-0.15, -0.1) is 0 Å². The summed E-state index contributed by atoms with van der Waals surface area (Å²) in [6.07, 6.45) is 0. The molecule has 7 heteroatoms. The zero-order valence-corrected chi connectivity index (χ0v) is 11.8. The van der Waals surface area contributed by atoms with Crippen molar-refractivity contribution in [3.05, 3.63) is 17.5 Å². The molecule has 2 amide bonds. The van der Waals surface area contributed by atoms with Crippen LogP contribution in [0.1, 0.15) is 23.1 Å². The van der Waals surface area contributed by atoms with E-state index in [9.17, 15) is 9.59 Å². The first kappa shape index (κ1) is 14.4. The summed E-state index contributed by atoms with van der Waals surface area (Å²) in [5.41, 5.74) is 1.04. The van der Waals surface area contributed by atoms with E-state index in [0.29, 0.717) is 24.5 Å². The molecule has 1 saturated heterocycles. The fraction of sp³-hybridized carbons (Fsp3) is 0.538. The lowest BCUT2D eigenvalue weighted by atomic mass is 10.3. The highest BCUT2D eigenvalue weighted by atomic mass is 16.4. The molecular formula is C13H20N4O3. The lowest BCUT2D eigenvalue weighted by molar-refractivity contribution is 0.0692. The Morgan fingerprint density at radius 3 is 2.55 bits per heavy atom. The Labute approximate surface area is 117 Å². The zero-order valence-electron chi connectivity index (χ0n) is 11.8. The molecule has 2 heterocycles. The predicted molar refractivity (Wildman–Crippen MR) is 75.2 cm³/mol. The highest BCUT2D eigenvalue weighted by Gasteiger charge is 2.22. The molecule has 0 atom stereocenters. The van der Waals surface area contributed by atoms with E-state index >= 15 is 0 Å². The first-order chi connectivity index (χ1) is 9.51. The van der Waals surface area contributed by atoms with Gasteiger partial charge in [0.05, 0.1) is 5.69 Å². The van der Waals surface area contributed by atoms with Gasteiger partial charge in [0, 0.05) is 31.9 Å². The largest absolute Gasteiger partial charge is 0.477 e. The van der Waals surface area contributed by atoms with Crippen molar-refractivity contribution >= 4 is 17.7 Å². The number of hydrogen-bond acceptors (Lipinski definition) is 3. The Kier molecular flexibility index (Phi) is 4.29. The van der Waals surface area contributed by atoms with Crippen molar-refractivity contribution in [2.24, 2.45) is 0 Å². The molecule has 0 aliphatic carbocycles. The SMILES string of the molecule is CCN1CCN(C(=O)Nc2cc(C)[nH]c2C(=O)O)CC1. The van der Waals surface area contributed by atoms with Crippen LogP contribution in [0.5, 0.6) is 0 Å². The Bertz CT molecular complexity index is 504. The molecule has 1 aliphatic rings. The topological polar surface area (TPSA) is 88.7 Å². The van der Waals surface area contributed by atoms with Crippen molar-refractivity contribution in [3.63, 3.8) is 0 Å². The highest BCUT2D eigenvalue weighted by Crippen LogP contribution is 2.17. The van der Waals surface area contributed by atoms with Gasteiger partial charge >= 0.3 is 12.0 Å². The minimum Gasteiger partial charge on any atom is -0.477 e. The quantitative estimate of drug-likeness (QED) is 0.776. The number of rotatable bonds is 3. The van der Waals surface area contributed by atoms with E-state index in [-0.39, 0.29) is 11.7 Å². The van der Waals surface area contributed by atoms with Crippen molar-refractivity contribution in [2.45, 2.75) is 13.8 Å². The molecule has 1 aromatic heterocycles. The number of carbonyl (C=O) groups is 2. The van der Waals surface area contributed by atoms with Crippen LogP contribution in [0.25, 0.3) is 0 Å². The number of aromatic carboxylic acids is 1. The van der Waals surface area contributed by atoms with E-state index in [0.717, 1.165) is 19.6 Å². The van der Waals surface area contributed by atoms with Crippen LogP contribution in [0.4, 0.5) is 10.5 Å². The Morgan fingerprint density at radius 1 is 1.35 bits per heavy atom. The van der Waals surface area contributed by atoms with Crippen LogP contribution in [0.15, 0.2) is 6.07 Å². The second-order valence-electron chi connectivity index (χ2n) is 4.90. The number of carbonyl (C=O) groups excluding carboxylic acids is 1. The van der Waals surface area contributed by atoms with Crippen LogP contribution < -0.4 is 5.32 Å². The van der Waals surface area contributed by atoms with Gasteiger partial charge in [0.25, 0.3) is 0 Å². The number of aryl methyl sites for hydroxylation is 1. The van der Waals surface area contributed by atoms with Gasteiger partial charge in [0.1, 0.15) is 5.69 Å². The molecule has 0 unspecified atom stereocenters. The molecule has 1 aliphatic heterocycles. The summed E-state index contributed by atoms with van der Waals surface area (Å²) in [5.74, 6) is -1.08. The van der Waals surface area contributed by atoms with Gasteiger partial charge in [-0.25, -0.2) is 9.59 Å². The smallest absolute Gasteiger partial charge is 0.354 e. The van der Waals surface area contributed by atoms with E-state index in [1.165, 1.54) is 0 Å². The number of amides is 2. The maximum atomic E-state index is 12.1. The standard InChI is InChI=1S/C13H20N4O3/c1-3-16-4-6-17(7-5-16)13(20)15-10-8-9(2)14-11(10)12(18)19/h8,14H,3-7H2,1-2H3,(H,15,20)(H,18,19). The highest BCUT2D eigenvalue weighted by molar-refractivity contribution is 5.99. The third-order valence-corrected chi connectivity index (χ3v) is 3.51. The first-order valence-electron chi connectivity index (χ1n) is 6.72. The van der Waals surface area contributed by atoms with Crippen LogP contribution in [0, 0.1) is 6.92 Å². The van der Waals surface area contributed by atoms with Gasteiger partial charge in [-0.2, -0.15) is 0 Å². The Hall–Kier alpha value is -2.02. The predicted octanol–water partition coefficient (Wildman–Crippen LogP) is 1.19. The van der Waals surface area contributed by atoms with E-state index in [1.54, 1.807) is 17.9 Å². The van der Waals surface area contributed by atoms with Crippen LogP contribution in [0.2, 0.25) is 0 Å². The maximum absolute atomic E-state index is 12.1. The molecular weight excluding hydrogens is 260 g/mol. The monoisotopic (exact) mass is 280 g/mol. The van der Waals surface area contributed by atoms with Crippen LogP contribution in [0.3, 0.4) is 0 Å². The van der Waals surface area contributed by atoms with E-state index in [1.807, 2.05) is 0 Å². The molecule has 2 rings (SSSR count). The van der Waals surface area contributed by atoms with Crippen molar-refractivity contribution in [1.29, 1.82) is 0 Å². The van der Waals surface area contributed by atoms with E-state index in [4.69, 9.17) is 5.11 Å². The minimum atomic E-state index is -1.08. The number of aromatic amines is 1. The number of H-pyrrole nitrogens is 1. The fourth-order valence-electron chi connectivity index (χ4n) is 2.32. The molecule has 20 heavy (non-hydrogen) atoms. The number of nitrogens with zero attached hydrogens (tertiary/aromatic N) is 2. The third kappa shape index (κ3) is 3.11. The third-order valence-electron chi connectivity index (χ3n) is 3.51. The van der Waals surface area contributed by atoms with Crippen molar-refractivity contribution in [1.82, 2.24) is 14.8 Å². The summed E-state index contributed by atoms with van der Waals surface area (Å²) in [7, 11) is 0. The Balaban J connectivity index is 2.00. The lowest BCUT2D eigenvalue weighted by Gasteiger charge is -2.33. The summed E-state index contributed by atoms with van der Waals surface area (Å²) >= 11 is 0. The molecule has 110 valence electrons. The summed E-state index contributed by atoms with van der Waals surface area (Å²) in [5, 5.41) is 11.7. The fourth-order valence-corrected chi connectivity index (χ4v) is 2.32.